The highest BCUT2D eigenvalue weighted by Gasteiger charge is 2.34. The highest BCUT2D eigenvalue weighted by Crippen LogP contribution is 2.09. The summed E-state index contributed by atoms with van der Waals surface area (Å²) in [6.45, 7) is 1.74. The molecule has 0 radical (unpaired) electrons. The molecule has 3 amide bonds. The number of rotatable bonds is 2. The topological polar surface area (TPSA) is 66.5 Å². The number of piperazine rings is 1. The van der Waals surface area contributed by atoms with Crippen LogP contribution in [0.5, 0.6) is 0 Å². The van der Waals surface area contributed by atoms with Crippen LogP contribution in [0.3, 0.4) is 0 Å². The van der Waals surface area contributed by atoms with Crippen molar-refractivity contribution in [2.45, 2.75) is 19.4 Å². The normalized spacial score (nSPS) is 22.1. The summed E-state index contributed by atoms with van der Waals surface area (Å²) in [5, 5.41) is 2.19. The fourth-order valence-corrected chi connectivity index (χ4v) is 1.61. The Balaban J connectivity index is 2.83. The van der Waals surface area contributed by atoms with Crippen LogP contribution in [-0.4, -0.2) is 41.0 Å². The van der Waals surface area contributed by atoms with Gasteiger partial charge < -0.3 is 4.90 Å². The van der Waals surface area contributed by atoms with Gasteiger partial charge in [-0.1, -0.05) is 6.92 Å². The van der Waals surface area contributed by atoms with Gasteiger partial charge in [-0.05, 0) is 6.42 Å². The molecule has 1 aliphatic heterocycles. The van der Waals surface area contributed by atoms with Crippen LogP contribution < -0.4 is 5.32 Å². The lowest BCUT2D eigenvalue weighted by Gasteiger charge is -2.32. The number of imide groups is 1. The van der Waals surface area contributed by atoms with E-state index in [2.05, 4.69) is 17.9 Å². The van der Waals surface area contributed by atoms with Crippen LogP contribution in [0.15, 0.2) is 0 Å². The number of hydrogen-bond acceptors (Lipinski definition) is 4. The molecule has 14 heavy (non-hydrogen) atoms. The van der Waals surface area contributed by atoms with E-state index in [1.807, 2.05) is 0 Å². The molecule has 1 saturated heterocycles. The van der Waals surface area contributed by atoms with E-state index in [9.17, 15) is 14.4 Å². The van der Waals surface area contributed by atoms with Crippen molar-refractivity contribution >= 4 is 30.4 Å². The predicted octanol–water partition coefficient (Wildman–Crippen LogP) is -0.820. The van der Waals surface area contributed by atoms with Gasteiger partial charge in [0, 0.05) is 0 Å². The van der Waals surface area contributed by atoms with Gasteiger partial charge >= 0.3 is 0 Å². The first kappa shape index (κ1) is 11.0. The fourth-order valence-electron chi connectivity index (χ4n) is 1.43. The molecule has 78 valence electrons. The van der Waals surface area contributed by atoms with Gasteiger partial charge in [0.2, 0.25) is 17.7 Å². The Hall–Kier alpha value is -1.04. The first-order valence-electron chi connectivity index (χ1n) is 4.34. The highest BCUT2D eigenvalue weighted by atomic mass is 32.1. The maximum atomic E-state index is 11.3. The van der Waals surface area contributed by atoms with E-state index < -0.39 is 17.9 Å². The van der Waals surface area contributed by atoms with Crippen LogP contribution in [-0.2, 0) is 14.4 Å². The summed E-state index contributed by atoms with van der Waals surface area (Å²) in [5.74, 6) is -1.12. The maximum absolute atomic E-state index is 11.3. The van der Waals surface area contributed by atoms with Gasteiger partial charge in [0.05, 0.1) is 5.75 Å². The Labute approximate surface area is 87.2 Å². The number of nitrogens with zero attached hydrogens (tertiary/aromatic N) is 1. The highest BCUT2D eigenvalue weighted by molar-refractivity contribution is 7.81. The second kappa shape index (κ2) is 4.45. The standard InChI is InChI=1S/C8H12N2O3S/c1-2-5-8(13)9-6(11)3-10(5)7(12)4-14/h5,14H,2-4H2,1H3,(H,9,11,13). The summed E-state index contributed by atoms with van der Waals surface area (Å²) < 4.78 is 0. The summed E-state index contributed by atoms with van der Waals surface area (Å²) in [6.07, 6.45) is 0.499. The Morgan fingerprint density at radius 3 is 2.79 bits per heavy atom. The number of amides is 3. The van der Waals surface area contributed by atoms with E-state index in [1.165, 1.54) is 4.90 Å². The molecular formula is C8H12N2O3S. The number of nitrogens with one attached hydrogen (secondary N) is 1. The SMILES string of the molecule is CCC1C(=O)NC(=O)CN1C(=O)CS. The third-order valence-corrected chi connectivity index (χ3v) is 2.37. The second-order valence-corrected chi connectivity index (χ2v) is 3.33. The van der Waals surface area contributed by atoms with Gasteiger partial charge in [-0.25, -0.2) is 0 Å². The molecule has 0 spiro atoms. The molecule has 1 N–H and O–H groups in total. The maximum Gasteiger partial charge on any atom is 0.249 e. The summed E-state index contributed by atoms with van der Waals surface area (Å²) >= 11 is 3.83. The molecule has 1 unspecified atom stereocenters. The quantitative estimate of drug-likeness (QED) is 0.468. The van der Waals surface area contributed by atoms with E-state index in [0.29, 0.717) is 6.42 Å². The molecule has 0 aromatic heterocycles. The molecule has 6 heteroatoms. The third kappa shape index (κ3) is 2.06. The van der Waals surface area contributed by atoms with Crippen molar-refractivity contribution in [3.63, 3.8) is 0 Å². The minimum absolute atomic E-state index is 0.0110. The average molecular weight is 216 g/mol. The monoisotopic (exact) mass is 216 g/mol. The summed E-state index contributed by atoms with van der Waals surface area (Å²) in [7, 11) is 0. The number of carbonyl (C=O) groups excluding carboxylic acids is 3. The molecule has 0 saturated carbocycles. The van der Waals surface area contributed by atoms with E-state index in [4.69, 9.17) is 0 Å². The zero-order valence-electron chi connectivity index (χ0n) is 7.82. The van der Waals surface area contributed by atoms with Crippen LogP contribution in [0.1, 0.15) is 13.3 Å². The molecular weight excluding hydrogens is 204 g/mol. The van der Waals surface area contributed by atoms with Gasteiger partial charge in [0.15, 0.2) is 0 Å². The lowest BCUT2D eigenvalue weighted by molar-refractivity contribution is -0.148. The average Bonchev–Trinajstić information content (AvgIpc) is 2.15. The zero-order chi connectivity index (χ0) is 10.7. The van der Waals surface area contributed by atoms with Gasteiger partial charge in [-0.3, -0.25) is 19.7 Å². The Bertz CT molecular complexity index is 280. The molecule has 1 rings (SSSR count). The lowest BCUT2D eigenvalue weighted by Crippen LogP contribution is -2.59. The van der Waals surface area contributed by atoms with Crippen molar-refractivity contribution in [3.8, 4) is 0 Å². The lowest BCUT2D eigenvalue weighted by atomic mass is 10.1. The minimum Gasteiger partial charge on any atom is -0.321 e. The van der Waals surface area contributed by atoms with Gasteiger partial charge in [0.25, 0.3) is 0 Å². The van der Waals surface area contributed by atoms with Crippen molar-refractivity contribution in [3.05, 3.63) is 0 Å². The van der Waals surface area contributed by atoms with Crippen molar-refractivity contribution < 1.29 is 14.4 Å². The summed E-state index contributed by atoms with van der Waals surface area (Å²) in [6, 6.07) is -0.535. The van der Waals surface area contributed by atoms with Gasteiger partial charge in [0.1, 0.15) is 12.6 Å². The van der Waals surface area contributed by atoms with Crippen LogP contribution in [0.25, 0.3) is 0 Å². The molecule has 5 nitrogen and oxygen atoms in total. The van der Waals surface area contributed by atoms with Gasteiger partial charge in [-0.15, -0.1) is 0 Å². The molecule has 0 aliphatic carbocycles. The fraction of sp³-hybridized carbons (Fsp3) is 0.625. The molecule has 1 aliphatic rings. The molecule has 0 aromatic rings. The molecule has 1 fully saturated rings. The first-order chi connectivity index (χ1) is 6.60. The van der Waals surface area contributed by atoms with Crippen molar-refractivity contribution in [1.82, 2.24) is 10.2 Å². The third-order valence-electron chi connectivity index (χ3n) is 2.10. The Morgan fingerprint density at radius 2 is 2.29 bits per heavy atom. The van der Waals surface area contributed by atoms with E-state index in [0.717, 1.165) is 0 Å². The Morgan fingerprint density at radius 1 is 1.64 bits per heavy atom. The zero-order valence-corrected chi connectivity index (χ0v) is 8.71. The van der Waals surface area contributed by atoms with E-state index in [1.54, 1.807) is 6.92 Å². The molecule has 1 heterocycles. The van der Waals surface area contributed by atoms with Crippen molar-refractivity contribution in [1.29, 1.82) is 0 Å². The molecule has 0 bridgehead atoms. The first-order valence-corrected chi connectivity index (χ1v) is 4.97. The van der Waals surface area contributed by atoms with Crippen molar-refractivity contribution in [2.75, 3.05) is 12.3 Å². The Kier molecular flexibility index (Phi) is 3.51. The predicted molar refractivity (Wildman–Crippen MR) is 52.8 cm³/mol. The van der Waals surface area contributed by atoms with Crippen LogP contribution in [0, 0.1) is 0 Å². The van der Waals surface area contributed by atoms with Crippen LogP contribution in [0.4, 0.5) is 0 Å². The summed E-state index contributed by atoms with van der Waals surface area (Å²) in [4.78, 5) is 34.9. The second-order valence-electron chi connectivity index (χ2n) is 3.02. The summed E-state index contributed by atoms with van der Waals surface area (Å²) in [5.41, 5.74) is 0. The smallest absolute Gasteiger partial charge is 0.249 e. The molecule has 1 atom stereocenters. The number of carbonyl (C=O) groups is 3. The van der Waals surface area contributed by atoms with E-state index >= 15 is 0 Å². The molecule has 0 aromatic carbocycles. The largest absolute Gasteiger partial charge is 0.321 e. The number of thiol groups is 1. The van der Waals surface area contributed by atoms with E-state index in [-0.39, 0.29) is 18.2 Å². The van der Waals surface area contributed by atoms with Crippen molar-refractivity contribution in [2.24, 2.45) is 0 Å². The van der Waals surface area contributed by atoms with Gasteiger partial charge in [-0.2, -0.15) is 12.6 Å². The van der Waals surface area contributed by atoms with Crippen LogP contribution >= 0.6 is 12.6 Å². The number of hydrogen-bond donors (Lipinski definition) is 2. The minimum atomic E-state index is -0.535. The van der Waals surface area contributed by atoms with Crippen LogP contribution in [0.2, 0.25) is 0 Å².